The molecule has 0 aliphatic heterocycles. The van der Waals surface area contributed by atoms with E-state index in [0.29, 0.717) is 11.7 Å². The molecule has 22 heavy (non-hydrogen) atoms. The van der Waals surface area contributed by atoms with E-state index in [1.807, 2.05) is 40.6 Å². The number of aromatic nitrogens is 1. The van der Waals surface area contributed by atoms with E-state index in [1.165, 1.54) is 19.3 Å². The third kappa shape index (κ3) is 3.22. The Labute approximate surface area is 136 Å². The molecule has 0 spiro atoms. The number of benzene rings is 1. The predicted octanol–water partition coefficient (Wildman–Crippen LogP) is 4.60. The molecular weight excluding hydrogens is 292 g/mol. The first-order valence-electron chi connectivity index (χ1n) is 8.11. The first kappa shape index (κ1) is 15.2. The first-order chi connectivity index (χ1) is 10.8. The molecule has 0 bridgehead atoms. The number of carbonyl (C=O) groups is 1. The van der Waals surface area contributed by atoms with Gasteiger partial charge < -0.3 is 4.90 Å². The van der Waals surface area contributed by atoms with Crippen molar-refractivity contribution in [2.24, 2.45) is 0 Å². The van der Waals surface area contributed by atoms with Gasteiger partial charge >= 0.3 is 0 Å². The highest BCUT2D eigenvalue weighted by molar-refractivity contribution is 7.13. The lowest BCUT2D eigenvalue weighted by molar-refractivity contribution is 0.0643. The van der Waals surface area contributed by atoms with Crippen molar-refractivity contribution < 1.29 is 4.79 Å². The van der Waals surface area contributed by atoms with Gasteiger partial charge in [-0.3, -0.25) is 4.79 Å². The van der Waals surface area contributed by atoms with E-state index >= 15 is 0 Å². The molecule has 0 atom stereocenters. The summed E-state index contributed by atoms with van der Waals surface area (Å²) in [6.07, 6.45) is 6.04. The molecule has 1 saturated carbocycles. The van der Waals surface area contributed by atoms with Gasteiger partial charge in [0, 0.05) is 23.5 Å². The molecular formula is C18H22N2OS. The zero-order valence-corrected chi connectivity index (χ0v) is 13.8. The van der Waals surface area contributed by atoms with Crippen LogP contribution in [0.25, 0.3) is 10.6 Å². The zero-order valence-electron chi connectivity index (χ0n) is 13.0. The quantitative estimate of drug-likeness (QED) is 0.826. The summed E-state index contributed by atoms with van der Waals surface area (Å²) < 4.78 is 0. The molecule has 1 aromatic heterocycles. The molecule has 1 aliphatic rings. The van der Waals surface area contributed by atoms with Crippen LogP contribution in [0.15, 0.2) is 35.7 Å². The van der Waals surface area contributed by atoms with Gasteiger partial charge in [-0.2, -0.15) is 0 Å². The van der Waals surface area contributed by atoms with Crippen LogP contribution in [0.1, 0.15) is 49.5 Å². The van der Waals surface area contributed by atoms with Crippen molar-refractivity contribution in [3.05, 3.63) is 41.4 Å². The standard InChI is InChI=1S/C18H22N2OS/c1-2-20(15-11-7-4-8-12-15)18(21)16-13-22-17(19-16)14-9-5-3-6-10-14/h3,5-6,9-10,13,15H,2,4,7-8,11-12H2,1H3. The average Bonchev–Trinajstić information content (AvgIpc) is 3.07. The van der Waals surface area contributed by atoms with Crippen LogP contribution in [0, 0.1) is 0 Å². The van der Waals surface area contributed by atoms with Gasteiger partial charge in [-0.1, -0.05) is 49.6 Å². The van der Waals surface area contributed by atoms with Gasteiger partial charge in [-0.05, 0) is 19.8 Å². The smallest absolute Gasteiger partial charge is 0.273 e. The molecule has 1 amide bonds. The first-order valence-corrected chi connectivity index (χ1v) is 8.99. The van der Waals surface area contributed by atoms with Crippen LogP contribution in [0.2, 0.25) is 0 Å². The average molecular weight is 314 g/mol. The molecule has 0 saturated heterocycles. The summed E-state index contributed by atoms with van der Waals surface area (Å²) in [5.74, 6) is 0.0906. The summed E-state index contributed by atoms with van der Waals surface area (Å²) in [7, 11) is 0. The maximum Gasteiger partial charge on any atom is 0.273 e. The molecule has 116 valence electrons. The van der Waals surface area contributed by atoms with Crippen molar-refractivity contribution in [1.82, 2.24) is 9.88 Å². The number of amides is 1. The summed E-state index contributed by atoms with van der Waals surface area (Å²) >= 11 is 1.55. The van der Waals surface area contributed by atoms with Crippen molar-refractivity contribution in [3.8, 4) is 10.6 Å². The van der Waals surface area contributed by atoms with E-state index in [2.05, 4.69) is 11.9 Å². The predicted molar refractivity (Wildman–Crippen MR) is 91.1 cm³/mol. The van der Waals surface area contributed by atoms with Gasteiger partial charge in [0.2, 0.25) is 0 Å². The number of hydrogen-bond donors (Lipinski definition) is 0. The number of nitrogens with zero attached hydrogens (tertiary/aromatic N) is 2. The van der Waals surface area contributed by atoms with E-state index in [0.717, 1.165) is 30.0 Å². The van der Waals surface area contributed by atoms with Crippen LogP contribution in [-0.2, 0) is 0 Å². The SMILES string of the molecule is CCN(C(=O)c1csc(-c2ccccc2)n1)C1CCCCC1. The minimum absolute atomic E-state index is 0.0906. The van der Waals surface area contributed by atoms with E-state index in [1.54, 1.807) is 11.3 Å². The maximum atomic E-state index is 12.8. The largest absolute Gasteiger partial charge is 0.335 e. The van der Waals surface area contributed by atoms with Crippen LogP contribution in [0.5, 0.6) is 0 Å². The second kappa shape index (κ2) is 7.05. The summed E-state index contributed by atoms with van der Waals surface area (Å²) in [4.78, 5) is 19.4. The number of thiazole rings is 1. The molecule has 1 heterocycles. The van der Waals surface area contributed by atoms with E-state index in [-0.39, 0.29) is 5.91 Å². The topological polar surface area (TPSA) is 33.2 Å². The molecule has 0 N–H and O–H groups in total. The van der Waals surface area contributed by atoms with E-state index in [4.69, 9.17) is 0 Å². The number of carbonyl (C=O) groups excluding carboxylic acids is 1. The maximum absolute atomic E-state index is 12.8. The molecule has 0 radical (unpaired) electrons. The number of rotatable bonds is 4. The van der Waals surface area contributed by atoms with Gasteiger partial charge in [0.15, 0.2) is 0 Å². The Kier molecular flexibility index (Phi) is 4.88. The van der Waals surface area contributed by atoms with Crippen LogP contribution in [-0.4, -0.2) is 28.4 Å². The summed E-state index contributed by atoms with van der Waals surface area (Å²) in [6.45, 7) is 2.83. The second-order valence-corrected chi connectivity index (χ2v) is 6.65. The lowest BCUT2D eigenvalue weighted by Gasteiger charge is -2.33. The normalized spacial score (nSPS) is 15.7. The lowest BCUT2D eigenvalue weighted by atomic mass is 9.94. The Morgan fingerprint density at radius 3 is 2.64 bits per heavy atom. The molecule has 1 fully saturated rings. The van der Waals surface area contributed by atoms with Crippen LogP contribution in [0.3, 0.4) is 0 Å². The number of hydrogen-bond acceptors (Lipinski definition) is 3. The molecule has 1 aromatic carbocycles. The van der Waals surface area contributed by atoms with Gasteiger partial charge in [-0.15, -0.1) is 11.3 Å². The molecule has 1 aliphatic carbocycles. The van der Waals surface area contributed by atoms with E-state index in [9.17, 15) is 4.79 Å². The third-order valence-electron chi connectivity index (χ3n) is 4.36. The van der Waals surface area contributed by atoms with Gasteiger partial charge in [-0.25, -0.2) is 4.98 Å². The molecule has 3 rings (SSSR count). The van der Waals surface area contributed by atoms with Crippen LogP contribution < -0.4 is 0 Å². The molecule has 2 aromatic rings. The highest BCUT2D eigenvalue weighted by Crippen LogP contribution is 2.27. The molecule has 0 unspecified atom stereocenters. The van der Waals surface area contributed by atoms with Gasteiger partial charge in [0.25, 0.3) is 5.91 Å². The lowest BCUT2D eigenvalue weighted by Crippen LogP contribution is -2.41. The van der Waals surface area contributed by atoms with Crippen molar-refractivity contribution in [2.75, 3.05) is 6.54 Å². The highest BCUT2D eigenvalue weighted by Gasteiger charge is 2.26. The minimum Gasteiger partial charge on any atom is -0.335 e. The van der Waals surface area contributed by atoms with Gasteiger partial charge in [0.05, 0.1) is 0 Å². The molecule has 4 heteroatoms. The van der Waals surface area contributed by atoms with Crippen molar-refractivity contribution in [3.63, 3.8) is 0 Å². The third-order valence-corrected chi connectivity index (χ3v) is 5.25. The Balaban J connectivity index is 1.78. The fourth-order valence-electron chi connectivity index (χ4n) is 3.19. The fourth-order valence-corrected chi connectivity index (χ4v) is 3.99. The summed E-state index contributed by atoms with van der Waals surface area (Å²) in [5, 5.41) is 2.82. The Bertz CT molecular complexity index is 617. The minimum atomic E-state index is 0.0906. The Morgan fingerprint density at radius 1 is 1.23 bits per heavy atom. The van der Waals surface area contributed by atoms with Gasteiger partial charge in [0.1, 0.15) is 10.7 Å². The Hall–Kier alpha value is -1.68. The zero-order chi connectivity index (χ0) is 15.4. The summed E-state index contributed by atoms with van der Waals surface area (Å²) in [5.41, 5.74) is 1.67. The fraction of sp³-hybridized carbons (Fsp3) is 0.444. The van der Waals surface area contributed by atoms with Crippen molar-refractivity contribution >= 4 is 17.2 Å². The van der Waals surface area contributed by atoms with E-state index < -0.39 is 0 Å². The Morgan fingerprint density at radius 2 is 1.95 bits per heavy atom. The van der Waals surface area contributed by atoms with Crippen molar-refractivity contribution in [2.45, 2.75) is 45.1 Å². The molecule has 3 nitrogen and oxygen atoms in total. The summed E-state index contributed by atoms with van der Waals surface area (Å²) in [6, 6.07) is 10.5. The van der Waals surface area contributed by atoms with Crippen molar-refractivity contribution in [1.29, 1.82) is 0 Å². The second-order valence-electron chi connectivity index (χ2n) is 5.79. The van der Waals surface area contributed by atoms with Crippen LogP contribution >= 0.6 is 11.3 Å². The monoisotopic (exact) mass is 314 g/mol. The highest BCUT2D eigenvalue weighted by atomic mass is 32.1. The van der Waals surface area contributed by atoms with Crippen LogP contribution in [0.4, 0.5) is 0 Å².